The Bertz CT molecular complexity index is 848. The van der Waals surface area contributed by atoms with Gasteiger partial charge in [-0.15, -0.1) is 11.3 Å². The number of aromatic nitrogens is 2. The van der Waals surface area contributed by atoms with Crippen LogP contribution >= 0.6 is 22.9 Å². The number of pyridine rings is 1. The quantitative estimate of drug-likeness (QED) is 0.746. The fourth-order valence-electron chi connectivity index (χ4n) is 2.32. The number of carbonyl (C=O) groups excluding carboxylic acids is 1. The predicted molar refractivity (Wildman–Crippen MR) is 97.6 cm³/mol. The first-order valence-corrected chi connectivity index (χ1v) is 8.74. The van der Waals surface area contributed by atoms with Gasteiger partial charge in [0, 0.05) is 34.6 Å². The summed E-state index contributed by atoms with van der Waals surface area (Å²) < 4.78 is 0. The third-order valence-corrected chi connectivity index (χ3v) is 4.73. The zero-order chi connectivity index (χ0) is 16.9. The molecular weight excluding hydrogens is 342 g/mol. The molecule has 6 heteroatoms. The molecule has 0 fully saturated rings. The molecule has 0 unspecified atom stereocenters. The SMILES string of the molecule is Cc1sc(CCNC(=O)c2cc(Cl)ccn2)nc1-c1ccccc1. The highest BCUT2D eigenvalue weighted by atomic mass is 35.5. The van der Waals surface area contributed by atoms with Crippen molar-refractivity contribution in [3.8, 4) is 11.3 Å². The highest BCUT2D eigenvalue weighted by molar-refractivity contribution is 7.12. The Kier molecular flexibility index (Phi) is 5.23. The molecular formula is C18H16ClN3OS. The lowest BCUT2D eigenvalue weighted by molar-refractivity contribution is 0.0949. The number of benzene rings is 1. The minimum atomic E-state index is -0.228. The number of rotatable bonds is 5. The summed E-state index contributed by atoms with van der Waals surface area (Å²) in [5, 5.41) is 4.35. The molecule has 0 spiro atoms. The largest absolute Gasteiger partial charge is 0.350 e. The molecule has 1 amide bonds. The molecule has 1 N–H and O–H groups in total. The number of thiazole rings is 1. The van der Waals surface area contributed by atoms with Gasteiger partial charge in [-0.1, -0.05) is 41.9 Å². The number of nitrogens with one attached hydrogen (secondary N) is 1. The molecule has 24 heavy (non-hydrogen) atoms. The lowest BCUT2D eigenvalue weighted by atomic mass is 10.1. The van der Waals surface area contributed by atoms with Gasteiger partial charge in [-0.25, -0.2) is 4.98 Å². The summed E-state index contributed by atoms with van der Waals surface area (Å²) in [5.74, 6) is -0.228. The first-order valence-electron chi connectivity index (χ1n) is 7.55. The van der Waals surface area contributed by atoms with Gasteiger partial charge in [0.15, 0.2) is 0 Å². The fourth-order valence-corrected chi connectivity index (χ4v) is 3.44. The second-order valence-electron chi connectivity index (χ2n) is 5.24. The molecule has 2 aromatic heterocycles. The van der Waals surface area contributed by atoms with E-state index in [1.807, 2.05) is 18.2 Å². The molecule has 0 aliphatic heterocycles. The number of amides is 1. The highest BCUT2D eigenvalue weighted by Gasteiger charge is 2.11. The van der Waals surface area contributed by atoms with Crippen LogP contribution in [0.4, 0.5) is 0 Å². The lowest BCUT2D eigenvalue weighted by Crippen LogP contribution is -2.26. The monoisotopic (exact) mass is 357 g/mol. The Balaban J connectivity index is 1.61. The van der Waals surface area contributed by atoms with Crippen molar-refractivity contribution < 1.29 is 4.79 Å². The number of hydrogen-bond donors (Lipinski definition) is 1. The Hall–Kier alpha value is -2.24. The predicted octanol–water partition coefficient (Wildman–Crippen LogP) is 4.14. The van der Waals surface area contributed by atoms with Crippen LogP contribution in [0.15, 0.2) is 48.7 Å². The Morgan fingerprint density at radius 1 is 1.25 bits per heavy atom. The van der Waals surface area contributed by atoms with Crippen LogP contribution in [-0.4, -0.2) is 22.4 Å². The molecule has 0 aliphatic carbocycles. The van der Waals surface area contributed by atoms with Crippen LogP contribution in [0.25, 0.3) is 11.3 Å². The molecule has 3 rings (SSSR count). The number of carbonyl (C=O) groups is 1. The van der Waals surface area contributed by atoms with E-state index in [0.717, 1.165) is 16.3 Å². The smallest absolute Gasteiger partial charge is 0.269 e. The minimum absolute atomic E-state index is 0.228. The van der Waals surface area contributed by atoms with Crippen molar-refractivity contribution in [3.63, 3.8) is 0 Å². The minimum Gasteiger partial charge on any atom is -0.350 e. The summed E-state index contributed by atoms with van der Waals surface area (Å²) in [4.78, 5) is 21.9. The van der Waals surface area contributed by atoms with Crippen LogP contribution in [0, 0.1) is 6.92 Å². The van der Waals surface area contributed by atoms with Crippen molar-refractivity contribution >= 4 is 28.8 Å². The molecule has 0 saturated heterocycles. The van der Waals surface area contributed by atoms with E-state index < -0.39 is 0 Å². The Morgan fingerprint density at radius 2 is 2.04 bits per heavy atom. The summed E-state index contributed by atoms with van der Waals surface area (Å²) in [5.41, 5.74) is 2.45. The zero-order valence-electron chi connectivity index (χ0n) is 13.1. The van der Waals surface area contributed by atoms with Gasteiger partial charge in [0.05, 0.1) is 10.7 Å². The maximum Gasteiger partial charge on any atom is 0.269 e. The number of halogens is 1. The lowest BCUT2D eigenvalue weighted by Gasteiger charge is -2.03. The normalized spacial score (nSPS) is 10.6. The van der Waals surface area contributed by atoms with Gasteiger partial charge in [0.25, 0.3) is 5.91 Å². The average Bonchev–Trinajstić information content (AvgIpc) is 2.96. The second kappa shape index (κ2) is 7.55. The first-order chi connectivity index (χ1) is 11.6. The van der Waals surface area contributed by atoms with Crippen LogP contribution in [0.5, 0.6) is 0 Å². The van der Waals surface area contributed by atoms with Crippen molar-refractivity contribution in [2.75, 3.05) is 6.54 Å². The summed E-state index contributed by atoms with van der Waals surface area (Å²) >= 11 is 7.53. The molecule has 3 aromatic rings. The third kappa shape index (κ3) is 3.99. The first kappa shape index (κ1) is 16.6. The van der Waals surface area contributed by atoms with E-state index in [2.05, 4.69) is 29.4 Å². The molecule has 0 bridgehead atoms. The van der Waals surface area contributed by atoms with E-state index in [0.29, 0.717) is 23.7 Å². The number of nitrogens with zero attached hydrogens (tertiary/aromatic N) is 2. The van der Waals surface area contributed by atoms with Gasteiger partial charge in [-0.3, -0.25) is 9.78 Å². The topological polar surface area (TPSA) is 54.9 Å². The molecule has 4 nitrogen and oxygen atoms in total. The average molecular weight is 358 g/mol. The van der Waals surface area contributed by atoms with E-state index >= 15 is 0 Å². The molecule has 122 valence electrons. The van der Waals surface area contributed by atoms with Crippen LogP contribution < -0.4 is 5.32 Å². The van der Waals surface area contributed by atoms with E-state index in [1.54, 1.807) is 23.5 Å². The van der Waals surface area contributed by atoms with Crippen LogP contribution in [0.2, 0.25) is 5.02 Å². The van der Waals surface area contributed by atoms with Gasteiger partial charge in [-0.2, -0.15) is 0 Å². The summed E-state index contributed by atoms with van der Waals surface area (Å²) in [6.45, 7) is 2.58. The summed E-state index contributed by atoms with van der Waals surface area (Å²) in [6.07, 6.45) is 2.21. The van der Waals surface area contributed by atoms with Crippen molar-refractivity contribution in [3.05, 3.63) is 69.3 Å². The number of hydrogen-bond acceptors (Lipinski definition) is 4. The van der Waals surface area contributed by atoms with Gasteiger partial charge in [0.2, 0.25) is 0 Å². The van der Waals surface area contributed by atoms with Crippen molar-refractivity contribution in [1.29, 1.82) is 0 Å². The third-order valence-electron chi connectivity index (χ3n) is 3.47. The van der Waals surface area contributed by atoms with Crippen LogP contribution in [0.3, 0.4) is 0 Å². The molecule has 0 aliphatic rings. The summed E-state index contributed by atoms with van der Waals surface area (Å²) in [6, 6.07) is 13.3. The van der Waals surface area contributed by atoms with Crippen LogP contribution in [-0.2, 0) is 6.42 Å². The Labute approximate surface area is 149 Å². The van der Waals surface area contributed by atoms with E-state index in [1.165, 1.54) is 11.1 Å². The zero-order valence-corrected chi connectivity index (χ0v) is 14.7. The Morgan fingerprint density at radius 3 is 2.79 bits per heavy atom. The maximum absolute atomic E-state index is 12.0. The van der Waals surface area contributed by atoms with Crippen LogP contribution in [0.1, 0.15) is 20.4 Å². The number of aryl methyl sites for hydroxylation is 1. The molecule has 0 atom stereocenters. The molecule has 1 aromatic carbocycles. The van der Waals surface area contributed by atoms with Crippen molar-refractivity contribution in [1.82, 2.24) is 15.3 Å². The maximum atomic E-state index is 12.0. The van der Waals surface area contributed by atoms with E-state index in [-0.39, 0.29) is 5.91 Å². The molecule has 2 heterocycles. The van der Waals surface area contributed by atoms with Gasteiger partial charge in [-0.05, 0) is 19.1 Å². The standard InChI is InChI=1S/C18H16ClN3OS/c1-12-17(13-5-3-2-4-6-13)22-16(24-12)8-10-21-18(23)15-11-14(19)7-9-20-15/h2-7,9,11H,8,10H2,1H3,(H,21,23). The highest BCUT2D eigenvalue weighted by Crippen LogP contribution is 2.27. The van der Waals surface area contributed by atoms with Gasteiger partial charge in [0.1, 0.15) is 5.69 Å². The van der Waals surface area contributed by atoms with Gasteiger partial charge >= 0.3 is 0 Å². The second-order valence-corrected chi connectivity index (χ2v) is 6.97. The molecule has 0 radical (unpaired) electrons. The molecule has 0 saturated carbocycles. The summed E-state index contributed by atoms with van der Waals surface area (Å²) in [7, 11) is 0. The van der Waals surface area contributed by atoms with E-state index in [4.69, 9.17) is 16.6 Å². The van der Waals surface area contributed by atoms with E-state index in [9.17, 15) is 4.79 Å². The fraction of sp³-hybridized carbons (Fsp3) is 0.167. The van der Waals surface area contributed by atoms with Crippen molar-refractivity contribution in [2.24, 2.45) is 0 Å². The van der Waals surface area contributed by atoms with Crippen molar-refractivity contribution in [2.45, 2.75) is 13.3 Å². The van der Waals surface area contributed by atoms with Gasteiger partial charge < -0.3 is 5.32 Å².